The Morgan fingerprint density at radius 2 is 1.84 bits per heavy atom. The van der Waals surface area contributed by atoms with Crippen molar-refractivity contribution in [2.75, 3.05) is 5.32 Å². The standard InChI is InChI=1S/C18H15BrN2O4/c1-10(17(23)20-14-6-4-13(19)5-7-14)21-15-8-3-12(11(2)22)9-16(15)25-18(21)24/h3-10H,1-2H3,(H,20,23). The number of anilines is 1. The average Bonchev–Trinajstić information content (AvgIpc) is 2.90. The van der Waals surface area contributed by atoms with Crippen molar-refractivity contribution in [3.63, 3.8) is 0 Å². The molecule has 128 valence electrons. The summed E-state index contributed by atoms with van der Waals surface area (Å²) in [5, 5.41) is 2.76. The lowest BCUT2D eigenvalue weighted by molar-refractivity contribution is -0.118. The fraction of sp³-hybridized carbons (Fsp3) is 0.167. The van der Waals surface area contributed by atoms with Crippen LogP contribution < -0.4 is 11.1 Å². The zero-order chi connectivity index (χ0) is 18.1. The molecule has 0 spiro atoms. The van der Waals surface area contributed by atoms with Crippen LogP contribution in [0.5, 0.6) is 0 Å². The third-order valence-corrected chi connectivity index (χ3v) is 4.43. The molecule has 1 N–H and O–H groups in total. The highest BCUT2D eigenvalue weighted by Gasteiger charge is 2.22. The molecule has 3 rings (SSSR count). The number of nitrogens with zero attached hydrogens (tertiary/aromatic N) is 1. The number of carbonyl (C=O) groups excluding carboxylic acids is 2. The van der Waals surface area contributed by atoms with E-state index < -0.39 is 11.8 Å². The zero-order valence-corrected chi connectivity index (χ0v) is 15.2. The van der Waals surface area contributed by atoms with Gasteiger partial charge in [-0.2, -0.15) is 0 Å². The number of rotatable bonds is 4. The number of benzene rings is 2. The Labute approximate surface area is 151 Å². The average molecular weight is 403 g/mol. The molecular weight excluding hydrogens is 388 g/mol. The van der Waals surface area contributed by atoms with Gasteiger partial charge in [-0.1, -0.05) is 15.9 Å². The van der Waals surface area contributed by atoms with Crippen LogP contribution in [0.4, 0.5) is 5.69 Å². The van der Waals surface area contributed by atoms with Crippen molar-refractivity contribution < 1.29 is 14.0 Å². The summed E-state index contributed by atoms with van der Waals surface area (Å²) in [5.41, 5.74) is 1.81. The van der Waals surface area contributed by atoms with Crippen LogP contribution in [0.2, 0.25) is 0 Å². The van der Waals surface area contributed by atoms with Gasteiger partial charge in [0, 0.05) is 15.7 Å². The van der Waals surface area contributed by atoms with Gasteiger partial charge >= 0.3 is 5.76 Å². The van der Waals surface area contributed by atoms with Gasteiger partial charge < -0.3 is 9.73 Å². The molecular formula is C18H15BrN2O4. The Morgan fingerprint density at radius 1 is 1.16 bits per heavy atom. The summed E-state index contributed by atoms with van der Waals surface area (Å²) in [6, 6.07) is 11.1. The molecule has 0 fully saturated rings. The molecule has 0 radical (unpaired) electrons. The van der Waals surface area contributed by atoms with E-state index in [9.17, 15) is 14.4 Å². The second-order valence-corrected chi connectivity index (χ2v) is 6.56. The largest absolute Gasteiger partial charge is 0.420 e. The quantitative estimate of drug-likeness (QED) is 0.673. The molecule has 1 amide bonds. The van der Waals surface area contributed by atoms with Gasteiger partial charge in [0.25, 0.3) is 0 Å². The lowest BCUT2D eigenvalue weighted by Gasteiger charge is -2.13. The van der Waals surface area contributed by atoms with Gasteiger partial charge in [0.05, 0.1) is 5.52 Å². The molecule has 0 aliphatic heterocycles. The Morgan fingerprint density at radius 3 is 2.48 bits per heavy atom. The van der Waals surface area contributed by atoms with Gasteiger partial charge in [0.2, 0.25) is 5.91 Å². The van der Waals surface area contributed by atoms with Crippen LogP contribution >= 0.6 is 15.9 Å². The highest BCUT2D eigenvalue weighted by Crippen LogP contribution is 2.21. The fourth-order valence-corrected chi connectivity index (χ4v) is 2.78. The van der Waals surface area contributed by atoms with Gasteiger partial charge in [-0.05, 0) is 56.3 Å². The topological polar surface area (TPSA) is 81.3 Å². The van der Waals surface area contributed by atoms with E-state index in [1.54, 1.807) is 31.2 Å². The number of hydrogen-bond donors (Lipinski definition) is 1. The van der Waals surface area contributed by atoms with Crippen LogP contribution in [0.25, 0.3) is 11.1 Å². The maximum Gasteiger partial charge on any atom is 0.420 e. The number of carbonyl (C=O) groups is 2. The van der Waals surface area contributed by atoms with E-state index in [1.165, 1.54) is 17.6 Å². The normalized spacial score (nSPS) is 12.1. The van der Waals surface area contributed by atoms with Crippen molar-refractivity contribution in [3.05, 3.63) is 63.1 Å². The van der Waals surface area contributed by atoms with E-state index in [2.05, 4.69) is 21.2 Å². The van der Waals surface area contributed by atoms with Crippen LogP contribution in [0.3, 0.4) is 0 Å². The van der Waals surface area contributed by atoms with Crippen molar-refractivity contribution in [2.24, 2.45) is 0 Å². The molecule has 6 nitrogen and oxygen atoms in total. The zero-order valence-electron chi connectivity index (χ0n) is 13.6. The van der Waals surface area contributed by atoms with Crippen molar-refractivity contribution in [1.29, 1.82) is 0 Å². The summed E-state index contributed by atoms with van der Waals surface area (Å²) < 4.78 is 7.37. The van der Waals surface area contributed by atoms with E-state index in [0.717, 1.165) is 4.47 Å². The number of ketones is 1. The highest BCUT2D eigenvalue weighted by molar-refractivity contribution is 9.10. The molecule has 0 saturated carbocycles. The lowest BCUT2D eigenvalue weighted by Crippen LogP contribution is -2.29. The Balaban J connectivity index is 1.93. The van der Waals surface area contributed by atoms with Gasteiger partial charge in [-0.25, -0.2) is 4.79 Å². The Bertz CT molecular complexity index is 1020. The number of fused-ring (bicyclic) bond motifs is 1. The number of halogens is 1. The summed E-state index contributed by atoms with van der Waals surface area (Å²) in [7, 11) is 0. The number of hydrogen-bond acceptors (Lipinski definition) is 4. The molecule has 1 atom stereocenters. The molecule has 0 aliphatic carbocycles. The number of Topliss-reactive ketones (excluding diaryl/α,β-unsaturated/α-hetero) is 1. The first-order chi connectivity index (χ1) is 11.9. The highest BCUT2D eigenvalue weighted by atomic mass is 79.9. The van der Waals surface area contributed by atoms with Gasteiger partial charge in [0.1, 0.15) is 6.04 Å². The lowest BCUT2D eigenvalue weighted by atomic mass is 10.1. The summed E-state index contributed by atoms with van der Waals surface area (Å²) in [6.45, 7) is 3.05. The third kappa shape index (κ3) is 3.41. The van der Waals surface area contributed by atoms with Crippen molar-refractivity contribution in [2.45, 2.75) is 19.9 Å². The van der Waals surface area contributed by atoms with Gasteiger partial charge in [-0.15, -0.1) is 0 Å². The first-order valence-corrected chi connectivity index (χ1v) is 8.38. The Hall–Kier alpha value is -2.67. The van der Waals surface area contributed by atoms with E-state index in [0.29, 0.717) is 16.8 Å². The molecule has 1 aromatic heterocycles. The van der Waals surface area contributed by atoms with E-state index >= 15 is 0 Å². The summed E-state index contributed by atoms with van der Waals surface area (Å²) in [4.78, 5) is 36.1. The number of nitrogens with one attached hydrogen (secondary N) is 1. The van der Waals surface area contributed by atoms with Crippen LogP contribution in [-0.4, -0.2) is 16.3 Å². The first-order valence-electron chi connectivity index (χ1n) is 7.59. The second-order valence-electron chi connectivity index (χ2n) is 5.65. The number of oxazole rings is 1. The molecule has 1 heterocycles. The molecule has 0 bridgehead atoms. The summed E-state index contributed by atoms with van der Waals surface area (Å²) >= 11 is 3.33. The van der Waals surface area contributed by atoms with Crippen molar-refractivity contribution in [3.8, 4) is 0 Å². The monoisotopic (exact) mass is 402 g/mol. The second kappa shape index (κ2) is 6.68. The minimum atomic E-state index is -0.777. The van der Waals surface area contributed by atoms with Crippen LogP contribution in [0.15, 0.2) is 56.1 Å². The maximum atomic E-state index is 12.5. The number of aromatic nitrogens is 1. The predicted octanol–water partition coefficient (Wildman–Crippen LogP) is 3.76. The molecule has 3 aromatic rings. The molecule has 7 heteroatoms. The summed E-state index contributed by atoms with van der Waals surface area (Å²) in [6.07, 6.45) is 0. The molecule has 1 unspecified atom stereocenters. The van der Waals surface area contributed by atoms with Gasteiger partial charge in [0.15, 0.2) is 11.4 Å². The Kier molecular flexibility index (Phi) is 4.59. The fourth-order valence-electron chi connectivity index (χ4n) is 2.52. The van der Waals surface area contributed by atoms with Crippen molar-refractivity contribution >= 4 is 44.4 Å². The van der Waals surface area contributed by atoms with Crippen LogP contribution in [0.1, 0.15) is 30.2 Å². The molecule has 2 aromatic carbocycles. The van der Waals surface area contributed by atoms with E-state index in [-0.39, 0.29) is 17.3 Å². The SMILES string of the molecule is CC(=O)c1ccc2c(c1)oc(=O)n2C(C)C(=O)Nc1ccc(Br)cc1. The molecule has 25 heavy (non-hydrogen) atoms. The smallest absolute Gasteiger partial charge is 0.408 e. The number of amides is 1. The van der Waals surface area contributed by atoms with Crippen molar-refractivity contribution in [1.82, 2.24) is 4.57 Å². The minimum Gasteiger partial charge on any atom is -0.408 e. The van der Waals surface area contributed by atoms with Crippen LogP contribution in [0, 0.1) is 0 Å². The third-order valence-electron chi connectivity index (χ3n) is 3.90. The van der Waals surface area contributed by atoms with Crippen LogP contribution in [-0.2, 0) is 4.79 Å². The van der Waals surface area contributed by atoms with E-state index in [4.69, 9.17) is 4.42 Å². The minimum absolute atomic E-state index is 0.127. The van der Waals surface area contributed by atoms with E-state index in [1.807, 2.05) is 12.1 Å². The molecule has 0 saturated heterocycles. The first kappa shape index (κ1) is 17.2. The maximum absolute atomic E-state index is 12.5. The van der Waals surface area contributed by atoms with Gasteiger partial charge in [-0.3, -0.25) is 14.2 Å². The molecule has 0 aliphatic rings. The summed E-state index contributed by atoms with van der Waals surface area (Å²) in [5.74, 6) is -1.12. The predicted molar refractivity (Wildman–Crippen MR) is 98.0 cm³/mol.